The zero-order valence-corrected chi connectivity index (χ0v) is 9.08. The summed E-state index contributed by atoms with van der Waals surface area (Å²) in [6, 6.07) is 4.06. The third kappa shape index (κ3) is 2.70. The van der Waals surface area contributed by atoms with Gasteiger partial charge in [0.15, 0.2) is 0 Å². The fourth-order valence-electron chi connectivity index (χ4n) is 1.36. The Kier molecular flexibility index (Phi) is 4.40. The molecule has 78 valence electrons. The van der Waals surface area contributed by atoms with Crippen molar-refractivity contribution in [3.8, 4) is 5.75 Å². The van der Waals surface area contributed by atoms with Crippen molar-refractivity contribution in [1.29, 1.82) is 0 Å². The molecule has 3 nitrogen and oxygen atoms in total. The number of pyridine rings is 1. The molecule has 0 bridgehead atoms. The average molecular weight is 194 g/mol. The number of rotatable bonds is 5. The van der Waals surface area contributed by atoms with E-state index in [1.807, 2.05) is 12.1 Å². The predicted octanol–water partition coefficient (Wildman–Crippen LogP) is 2.15. The molecule has 0 saturated heterocycles. The van der Waals surface area contributed by atoms with Gasteiger partial charge in [-0.25, -0.2) is 0 Å². The van der Waals surface area contributed by atoms with Crippen LogP contribution in [0.3, 0.4) is 0 Å². The number of hydrogen-bond acceptors (Lipinski definition) is 3. The van der Waals surface area contributed by atoms with Crippen LogP contribution in [0.25, 0.3) is 0 Å². The Morgan fingerprint density at radius 1 is 1.57 bits per heavy atom. The number of hydrogen-bond donors (Lipinski definition) is 1. The highest BCUT2D eigenvalue weighted by atomic mass is 16.5. The summed E-state index contributed by atoms with van der Waals surface area (Å²) in [5.74, 6) is 0.851. The fourth-order valence-corrected chi connectivity index (χ4v) is 1.36. The standard InChI is InChI=1S/C11H18N2O/c1-4-7-12-9(2)11-10(14-3)6-5-8-13-11/h5-6,8-9,12H,4,7H2,1-3H3. The summed E-state index contributed by atoms with van der Waals surface area (Å²) in [5, 5.41) is 3.38. The van der Waals surface area contributed by atoms with Crippen LogP contribution in [-0.2, 0) is 0 Å². The molecule has 1 rings (SSSR count). The minimum Gasteiger partial charge on any atom is -0.495 e. The summed E-state index contributed by atoms with van der Waals surface area (Å²) in [6.45, 7) is 5.25. The molecule has 0 radical (unpaired) electrons. The lowest BCUT2D eigenvalue weighted by Crippen LogP contribution is -2.20. The molecule has 14 heavy (non-hydrogen) atoms. The van der Waals surface area contributed by atoms with Gasteiger partial charge in [0.2, 0.25) is 0 Å². The Morgan fingerprint density at radius 3 is 3.00 bits per heavy atom. The third-order valence-corrected chi connectivity index (χ3v) is 2.13. The molecule has 0 amide bonds. The predicted molar refractivity (Wildman–Crippen MR) is 57.5 cm³/mol. The van der Waals surface area contributed by atoms with E-state index >= 15 is 0 Å². The van der Waals surface area contributed by atoms with Crippen molar-refractivity contribution in [2.45, 2.75) is 26.3 Å². The Labute approximate surface area is 85.5 Å². The van der Waals surface area contributed by atoms with Crippen molar-refractivity contribution in [3.63, 3.8) is 0 Å². The largest absolute Gasteiger partial charge is 0.495 e. The summed E-state index contributed by atoms with van der Waals surface area (Å²) in [4.78, 5) is 4.31. The molecule has 1 unspecified atom stereocenters. The molecule has 0 aromatic carbocycles. The second-order valence-electron chi connectivity index (χ2n) is 3.27. The Hall–Kier alpha value is -1.09. The molecule has 1 heterocycles. The van der Waals surface area contributed by atoms with Crippen LogP contribution in [0.4, 0.5) is 0 Å². The van der Waals surface area contributed by atoms with Crippen molar-refractivity contribution in [3.05, 3.63) is 24.0 Å². The van der Waals surface area contributed by atoms with Crippen LogP contribution in [0, 0.1) is 0 Å². The van der Waals surface area contributed by atoms with Gasteiger partial charge < -0.3 is 10.1 Å². The first-order valence-corrected chi connectivity index (χ1v) is 5.01. The van der Waals surface area contributed by atoms with E-state index in [9.17, 15) is 0 Å². The second-order valence-corrected chi connectivity index (χ2v) is 3.27. The molecule has 0 fully saturated rings. The molecule has 0 aliphatic rings. The minimum atomic E-state index is 0.242. The van der Waals surface area contributed by atoms with Gasteiger partial charge in [-0.3, -0.25) is 4.98 Å². The van der Waals surface area contributed by atoms with Gasteiger partial charge in [-0.2, -0.15) is 0 Å². The van der Waals surface area contributed by atoms with Gasteiger partial charge in [0.25, 0.3) is 0 Å². The van der Waals surface area contributed by atoms with E-state index in [0.717, 1.165) is 24.4 Å². The van der Waals surface area contributed by atoms with Gasteiger partial charge in [-0.15, -0.1) is 0 Å². The topological polar surface area (TPSA) is 34.2 Å². The molecule has 1 aromatic rings. The van der Waals surface area contributed by atoms with E-state index in [0.29, 0.717) is 0 Å². The molecule has 3 heteroatoms. The van der Waals surface area contributed by atoms with Gasteiger partial charge in [0, 0.05) is 6.20 Å². The molecule has 0 aliphatic carbocycles. The van der Waals surface area contributed by atoms with Crippen LogP contribution in [0.2, 0.25) is 0 Å². The number of aromatic nitrogens is 1. The SMILES string of the molecule is CCCNC(C)c1ncccc1OC. The normalized spacial score (nSPS) is 12.5. The van der Waals surface area contributed by atoms with E-state index in [1.165, 1.54) is 0 Å². The quantitative estimate of drug-likeness (QED) is 0.780. The first kappa shape index (κ1) is 11.0. The molecule has 0 saturated carbocycles. The van der Waals surface area contributed by atoms with Crippen LogP contribution in [-0.4, -0.2) is 18.6 Å². The summed E-state index contributed by atoms with van der Waals surface area (Å²) in [5.41, 5.74) is 0.975. The van der Waals surface area contributed by atoms with Crippen LogP contribution in [0.15, 0.2) is 18.3 Å². The van der Waals surface area contributed by atoms with E-state index in [2.05, 4.69) is 24.1 Å². The zero-order chi connectivity index (χ0) is 10.4. The number of ether oxygens (including phenoxy) is 1. The maximum absolute atomic E-state index is 5.24. The maximum Gasteiger partial charge on any atom is 0.141 e. The number of nitrogens with zero attached hydrogens (tertiary/aromatic N) is 1. The van der Waals surface area contributed by atoms with Gasteiger partial charge in [0.1, 0.15) is 5.75 Å². The van der Waals surface area contributed by atoms with Crippen molar-refractivity contribution < 1.29 is 4.74 Å². The highest BCUT2D eigenvalue weighted by Crippen LogP contribution is 2.21. The van der Waals surface area contributed by atoms with Gasteiger partial charge in [-0.1, -0.05) is 6.92 Å². The Bertz CT molecular complexity index is 276. The van der Waals surface area contributed by atoms with E-state index < -0.39 is 0 Å². The van der Waals surface area contributed by atoms with Crippen LogP contribution >= 0.6 is 0 Å². The molecule has 0 aliphatic heterocycles. The monoisotopic (exact) mass is 194 g/mol. The first-order chi connectivity index (χ1) is 6.79. The molecule has 1 atom stereocenters. The summed E-state index contributed by atoms with van der Waals surface area (Å²) < 4.78 is 5.24. The van der Waals surface area contributed by atoms with Crippen LogP contribution < -0.4 is 10.1 Å². The third-order valence-electron chi connectivity index (χ3n) is 2.13. The van der Waals surface area contributed by atoms with Crippen molar-refractivity contribution in [1.82, 2.24) is 10.3 Å². The summed E-state index contributed by atoms with van der Waals surface area (Å²) >= 11 is 0. The lowest BCUT2D eigenvalue weighted by atomic mass is 10.2. The van der Waals surface area contributed by atoms with Gasteiger partial charge in [-0.05, 0) is 32.0 Å². The second kappa shape index (κ2) is 5.60. The first-order valence-electron chi connectivity index (χ1n) is 5.01. The molecular weight excluding hydrogens is 176 g/mol. The minimum absolute atomic E-state index is 0.242. The molecular formula is C11H18N2O. The molecule has 1 aromatic heterocycles. The van der Waals surface area contributed by atoms with E-state index in [4.69, 9.17) is 4.74 Å². The lowest BCUT2D eigenvalue weighted by Gasteiger charge is -2.15. The fraction of sp³-hybridized carbons (Fsp3) is 0.545. The van der Waals surface area contributed by atoms with Crippen molar-refractivity contribution in [2.24, 2.45) is 0 Å². The highest BCUT2D eigenvalue weighted by Gasteiger charge is 2.10. The van der Waals surface area contributed by atoms with E-state index in [-0.39, 0.29) is 6.04 Å². The average Bonchev–Trinajstić information content (AvgIpc) is 2.25. The lowest BCUT2D eigenvalue weighted by molar-refractivity contribution is 0.397. The Morgan fingerprint density at radius 2 is 2.36 bits per heavy atom. The zero-order valence-electron chi connectivity index (χ0n) is 9.08. The van der Waals surface area contributed by atoms with Gasteiger partial charge >= 0.3 is 0 Å². The van der Waals surface area contributed by atoms with Crippen molar-refractivity contribution >= 4 is 0 Å². The molecule has 1 N–H and O–H groups in total. The molecule has 0 spiro atoms. The smallest absolute Gasteiger partial charge is 0.141 e. The maximum atomic E-state index is 5.24. The highest BCUT2D eigenvalue weighted by molar-refractivity contribution is 5.28. The Balaban J connectivity index is 2.72. The van der Waals surface area contributed by atoms with Gasteiger partial charge in [0.05, 0.1) is 18.8 Å². The number of methoxy groups -OCH3 is 1. The van der Waals surface area contributed by atoms with Crippen LogP contribution in [0.1, 0.15) is 32.0 Å². The summed E-state index contributed by atoms with van der Waals surface area (Å²) in [6.07, 6.45) is 2.92. The van der Waals surface area contributed by atoms with Crippen molar-refractivity contribution in [2.75, 3.05) is 13.7 Å². The summed E-state index contributed by atoms with van der Waals surface area (Å²) in [7, 11) is 1.67. The van der Waals surface area contributed by atoms with E-state index in [1.54, 1.807) is 13.3 Å². The van der Waals surface area contributed by atoms with Crippen LogP contribution in [0.5, 0.6) is 5.75 Å². The number of nitrogens with one attached hydrogen (secondary N) is 1.